The Morgan fingerprint density at radius 3 is 1.50 bits per heavy atom. The maximum atomic E-state index is 5.57. The summed E-state index contributed by atoms with van der Waals surface area (Å²) >= 11 is 0. The number of fused-ring (bicyclic) bond motifs is 12. The molecule has 0 saturated heterocycles. The van der Waals surface area contributed by atoms with Crippen molar-refractivity contribution in [3.8, 4) is 83.8 Å². The first-order valence-corrected chi connectivity index (χ1v) is 23.5. The Morgan fingerprint density at radius 2 is 0.794 bits per heavy atom. The molecular formula is C66H42N2. The number of aromatic nitrogens is 2. The topological polar surface area (TPSA) is 17.8 Å². The molecule has 3 heterocycles. The number of hydrogen-bond acceptors (Lipinski definition) is 1. The molecule has 2 nitrogen and oxygen atoms in total. The zero-order chi connectivity index (χ0) is 44.8. The fourth-order valence-electron chi connectivity index (χ4n) is 11.6. The number of pyridine rings is 1. The maximum absolute atomic E-state index is 5.57. The number of rotatable bonds is 6. The number of para-hydroxylation sites is 3. The highest BCUT2D eigenvalue weighted by Crippen LogP contribution is 2.63. The van der Waals surface area contributed by atoms with E-state index in [2.05, 4.69) is 259 Å². The summed E-state index contributed by atoms with van der Waals surface area (Å²) in [6.45, 7) is 0. The fraction of sp³-hybridized carbons (Fsp3) is 0.0152. The van der Waals surface area contributed by atoms with E-state index in [1.807, 2.05) is 0 Å². The highest BCUT2D eigenvalue weighted by molar-refractivity contribution is 6.13. The van der Waals surface area contributed by atoms with Crippen LogP contribution in [0.15, 0.2) is 255 Å². The quantitative estimate of drug-likeness (QED) is 0.163. The zero-order valence-electron chi connectivity index (χ0n) is 37.1. The van der Waals surface area contributed by atoms with Crippen molar-refractivity contribution < 1.29 is 0 Å². The predicted octanol–water partition coefficient (Wildman–Crippen LogP) is 16.9. The maximum Gasteiger partial charge on any atom is 0.0754 e. The molecule has 0 saturated carbocycles. The number of benzene rings is 10. The van der Waals surface area contributed by atoms with Gasteiger partial charge in [0.05, 0.1) is 33.5 Å². The normalized spacial score (nSPS) is 14.2. The largest absolute Gasteiger partial charge is 0.309 e. The van der Waals surface area contributed by atoms with E-state index in [0.717, 1.165) is 33.6 Å². The van der Waals surface area contributed by atoms with Crippen molar-refractivity contribution in [2.24, 2.45) is 0 Å². The van der Waals surface area contributed by atoms with E-state index >= 15 is 0 Å². The molecule has 0 fully saturated rings. The molecule has 2 aliphatic rings. The monoisotopic (exact) mass is 862 g/mol. The molecular weight excluding hydrogens is 821 g/mol. The van der Waals surface area contributed by atoms with E-state index in [4.69, 9.17) is 4.98 Å². The third kappa shape index (κ3) is 5.68. The van der Waals surface area contributed by atoms with Crippen LogP contribution in [0.3, 0.4) is 0 Å². The van der Waals surface area contributed by atoms with Gasteiger partial charge in [0.25, 0.3) is 0 Å². The van der Waals surface area contributed by atoms with Crippen molar-refractivity contribution in [1.29, 1.82) is 0 Å². The Morgan fingerprint density at radius 1 is 0.294 bits per heavy atom. The lowest BCUT2D eigenvalue weighted by Gasteiger charge is -2.39. The second kappa shape index (κ2) is 15.1. The van der Waals surface area contributed by atoms with Crippen LogP contribution in [-0.2, 0) is 5.41 Å². The predicted molar refractivity (Wildman–Crippen MR) is 282 cm³/mol. The molecule has 1 aliphatic heterocycles. The average molecular weight is 863 g/mol. The average Bonchev–Trinajstić information content (AvgIpc) is 3.92. The van der Waals surface area contributed by atoms with E-state index < -0.39 is 5.41 Å². The molecule has 14 rings (SSSR count). The van der Waals surface area contributed by atoms with Crippen molar-refractivity contribution in [3.63, 3.8) is 0 Å². The molecule has 0 N–H and O–H groups in total. The van der Waals surface area contributed by atoms with Gasteiger partial charge in [-0.3, -0.25) is 0 Å². The van der Waals surface area contributed by atoms with E-state index in [1.54, 1.807) is 0 Å². The molecule has 0 radical (unpaired) electrons. The Balaban J connectivity index is 1.01. The van der Waals surface area contributed by atoms with Crippen LogP contribution in [-0.4, -0.2) is 9.55 Å². The van der Waals surface area contributed by atoms with Gasteiger partial charge >= 0.3 is 0 Å². The summed E-state index contributed by atoms with van der Waals surface area (Å²) in [4.78, 5) is 5.57. The minimum absolute atomic E-state index is 0.602. The summed E-state index contributed by atoms with van der Waals surface area (Å²) in [5.74, 6) is 0. The molecule has 1 unspecified atom stereocenters. The highest BCUT2D eigenvalue weighted by atomic mass is 15.0. The van der Waals surface area contributed by atoms with Crippen LogP contribution in [0.4, 0.5) is 0 Å². The van der Waals surface area contributed by atoms with Crippen molar-refractivity contribution in [2.45, 2.75) is 5.41 Å². The van der Waals surface area contributed by atoms with Gasteiger partial charge in [0.15, 0.2) is 0 Å². The molecule has 0 amide bonds. The van der Waals surface area contributed by atoms with Crippen LogP contribution in [0.25, 0.3) is 106 Å². The lowest BCUT2D eigenvalue weighted by Crippen LogP contribution is -2.33. The molecule has 12 aromatic rings. The van der Waals surface area contributed by atoms with Gasteiger partial charge in [-0.1, -0.05) is 224 Å². The third-order valence-electron chi connectivity index (χ3n) is 14.6. The van der Waals surface area contributed by atoms with Crippen LogP contribution in [0.1, 0.15) is 22.3 Å². The lowest BCUT2D eigenvalue weighted by molar-refractivity contribution is 0.748. The fourth-order valence-corrected chi connectivity index (χ4v) is 11.6. The molecule has 2 aromatic heterocycles. The molecule has 1 aliphatic carbocycles. The first-order valence-electron chi connectivity index (χ1n) is 23.5. The molecule has 0 bridgehead atoms. The van der Waals surface area contributed by atoms with Crippen LogP contribution < -0.4 is 0 Å². The summed E-state index contributed by atoms with van der Waals surface area (Å²) in [6, 6.07) is 93.6. The number of nitrogens with zero attached hydrogens (tertiary/aromatic N) is 2. The molecule has 1 spiro atoms. The zero-order valence-corrected chi connectivity index (χ0v) is 37.1. The van der Waals surface area contributed by atoms with E-state index in [-0.39, 0.29) is 0 Å². The van der Waals surface area contributed by atoms with Gasteiger partial charge in [-0.2, -0.15) is 0 Å². The summed E-state index contributed by atoms with van der Waals surface area (Å²) in [5.41, 5.74) is 24.4. The summed E-state index contributed by atoms with van der Waals surface area (Å²) < 4.78 is 2.52. The SMILES string of the molecule is c1ccc(-c2ccc(-c3ccc(-c4ccc5c(c4)-c4c(-c6cc(-c7ccccc7)cc(-c7ccccc7)n6)cccc4C54c5ccccc5-n5c6ccccc6c6cccc4c65)cc3)cc2)cc1. The van der Waals surface area contributed by atoms with Crippen molar-refractivity contribution in [3.05, 3.63) is 277 Å². The molecule has 1 atom stereocenters. The minimum Gasteiger partial charge on any atom is -0.309 e. The smallest absolute Gasteiger partial charge is 0.0754 e. The van der Waals surface area contributed by atoms with Gasteiger partial charge in [0.2, 0.25) is 0 Å². The van der Waals surface area contributed by atoms with Gasteiger partial charge < -0.3 is 4.57 Å². The van der Waals surface area contributed by atoms with E-state index in [0.29, 0.717) is 0 Å². The van der Waals surface area contributed by atoms with Crippen LogP contribution in [0.2, 0.25) is 0 Å². The van der Waals surface area contributed by atoms with Gasteiger partial charge in [-0.15, -0.1) is 0 Å². The Hall–Kier alpha value is -8.85. The summed E-state index contributed by atoms with van der Waals surface area (Å²) in [7, 11) is 0. The second-order valence-electron chi connectivity index (χ2n) is 18.2. The van der Waals surface area contributed by atoms with Gasteiger partial charge in [0, 0.05) is 21.9 Å². The second-order valence-corrected chi connectivity index (χ2v) is 18.2. The molecule has 10 aromatic carbocycles. The third-order valence-corrected chi connectivity index (χ3v) is 14.6. The Bertz CT molecular complexity index is 3870. The molecule has 2 heteroatoms. The minimum atomic E-state index is -0.602. The molecule has 316 valence electrons. The first kappa shape index (κ1) is 38.4. The summed E-state index contributed by atoms with van der Waals surface area (Å²) in [5, 5.41) is 2.54. The molecule has 68 heavy (non-hydrogen) atoms. The van der Waals surface area contributed by atoms with E-state index in [9.17, 15) is 0 Å². The Labute approximate surface area is 395 Å². The lowest BCUT2D eigenvalue weighted by atomic mass is 9.65. The standard InChI is InChI=1S/C66H42N2/c1-4-16-43(17-5-1)45-30-32-46(33-31-45)47-34-36-48(37-35-47)50-38-39-56-55(40-50)64-54(61-42-51(44-18-6-2-7-19-44)41-60(67-61)49-20-8-3-9-21-49)24-15-26-58(64)66(56)57-25-11-13-29-63(57)68-62-28-12-10-22-52(62)53-23-14-27-59(66)65(53)68/h1-42H. The van der Waals surface area contributed by atoms with Crippen molar-refractivity contribution in [2.75, 3.05) is 0 Å². The van der Waals surface area contributed by atoms with Crippen molar-refractivity contribution >= 4 is 21.8 Å². The van der Waals surface area contributed by atoms with E-state index in [1.165, 1.54) is 94.3 Å². The number of hydrogen-bond donors (Lipinski definition) is 0. The van der Waals surface area contributed by atoms with Gasteiger partial charge in [-0.25, -0.2) is 4.98 Å². The summed E-state index contributed by atoms with van der Waals surface area (Å²) in [6.07, 6.45) is 0. The van der Waals surface area contributed by atoms with Gasteiger partial charge in [-0.05, 0) is 108 Å². The van der Waals surface area contributed by atoms with Gasteiger partial charge in [0.1, 0.15) is 0 Å². The Kier molecular flexibility index (Phi) is 8.53. The first-order chi connectivity index (χ1) is 33.7. The van der Waals surface area contributed by atoms with Crippen LogP contribution in [0.5, 0.6) is 0 Å². The van der Waals surface area contributed by atoms with Crippen molar-refractivity contribution in [1.82, 2.24) is 9.55 Å². The van der Waals surface area contributed by atoms with Crippen LogP contribution in [0, 0.1) is 0 Å². The highest BCUT2D eigenvalue weighted by Gasteiger charge is 2.51. The van der Waals surface area contributed by atoms with Crippen LogP contribution >= 0.6 is 0 Å².